The van der Waals surface area contributed by atoms with E-state index in [-0.39, 0.29) is 17.7 Å². The molecule has 224 valence electrons. The fourth-order valence-corrected chi connectivity index (χ4v) is 6.08. The van der Waals surface area contributed by atoms with E-state index < -0.39 is 27.5 Å². The Kier molecular flexibility index (Phi) is 8.51. The average Bonchev–Trinajstić information content (AvgIpc) is 3.43. The highest BCUT2D eigenvalue weighted by atomic mass is 32.2. The zero-order valence-corrected chi connectivity index (χ0v) is 24.2. The van der Waals surface area contributed by atoms with Gasteiger partial charge in [0.25, 0.3) is 0 Å². The van der Waals surface area contributed by atoms with E-state index in [0.717, 1.165) is 44.2 Å². The molecule has 0 bridgehead atoms. The summed E-state index contributed by atoms with van der Waals surface area (Å²) in [6.45, 7) is 5.11. The molecule has 3 aromatic rings. The van der Waals surface area contributed by atoms with Crippen LogP contribution in [0.3, 0.4) is 0 Å². The number of nitrogens with one attached hydrogen (secondary N) is 1. The summed E-state index contributed by atoms with van der Waals surface area (Å²) >= 11 is 0. The number of imidazole rings is 1. The van der Waals surface area contributed by atoms with Crippen molar-refractivity contribution >= 4 is 16.0 Å². The van der Waals surface area contributed by atoms with Crippen molar-refractivity contribution in [2.75, 3.05) is 57.9 Å². The zero-order valence-electron chi connectivity index (χ0n) is 23.3. The summed E-state index contributed by atoms with van der Waals surface area (Å²) in [6.07, 6.45) is 0.856. The lowest BCUT2D eigenvalue weighted by Gasteiger charge is -2.32. The molecule has 2 aromatic heterocycles. The SMILES string of the molecule is CN1CCN(Cc2ccc(-n3cnc(-c4nc(NC5CCN(S(C)(=O)=O)CC5)ncc4C(F)(F)F)c3)c(C#N)c2)CC1. The number of benzene rings is 1. The molecule has 1 aromatic carbocycles. The molecule has 42 heavy (non-hydrogen) atoms. The van der Waals surface area contributed by atoms with Crippen LogP contribution in [-0.4, -0.2) is 101 Å². The third-order valence-corrected chi connectivity index (χ3v) is 8.94. The number of anilines is 1. The van der Waals surface area contributed by atoms with Crippen molar-refractivity contribution < 1.29 is 21.6 Å². The number of hydrogen-bond acceptors (Lipinski definition) is 9. The maximum Gasteiger partial charge on any atom is 0.420 e. The smallest absolute Gasteiger partial charge is 0.351 e. The molecule has 0 unspecified atom stereocenters. The highest BCUT2D eigenvalue weighted by molar-refractivity contribution is 7.88. The molecule has 0 aliphatic carbocycles. The number of hydrogen-bond donors (Lipinski definition) is 1. The summed E-state index contributed by atoms with van der Waals surface area (Å²) in [5, 5.41) is 12.9. The largest absolute Gasteiger partial charge is 0.420 e. The van der Waals surface area contributed by atoms with Gasteiger partial charge in [0, 0.05) is 64.2 Å². The second-order valence-electron chi connectivity index (χ2n) is 10.7. The van der Waals surface area contributed by atoms with Gasteiger partial charge in [-0.15, -0.1) is 0 Å². The normalized spacial score (nSPS) is 18.2. The average molecular weight is 604 g/mol. The first-order valence-electron chi connectivity index (χ1n) is 13.6. The first-order chi connectivity index (χ1) is 19.9. The molecular weight excluding hydrogens is 571 g/mol. The van der Waals surface area contributed by atoms with Crippen LogP contribution < -0.4 is 5.32 Å². The van der Waals surface area contributed by atoms with Crippen molar-refractivity contribution in [3.05, 3.63) is 53.6 Å². The van der Waals surface area contributed by atoms with Crippen LogP contribution in [0.15, 0.2) is 36.9 Å². The molecule has 0 amide bonds. The Labute approximate surface area is 242 Å². The van der Waals surface area contributed by atoms with Crippen molar-refractivity contribution in [1.29, 1.82) is 5.26 Å². The number of likely N-dealkylation sites (N-methyl/N-ethyl adjacent to an activating group) is 1. The molecule has 4 heterocycles. The molecule has 0 spiro atoms. The Morgan fingerprint density at radius 2 is 1.81 bits per heavy atom. The van der Waals surface area contributed by atoms with Crippen LogP contribution in [-0.2, 0) is 22.7 Å². The van der Waals surface area contributed by atoms with Crippen molar-refractivity contribution in [2.24, 2.45) is 0 Å². The lowest BCUT2D eigenvalue weighted by molar-refractivity contribution is -0.137. The van der Waals surface area contributed by atoms with Gasteiger partial charge in [0.2, 0.25) is 16.0 Å². The van der Waals surface area contributed by atoms with Crippen molar-refractivity contribution in [3.63, 3.8) is 0 Å². The van der Waals surface area contributed by atoms with Gasteiger partial charge in [0.15, 0.2) is 0 Å². The van der Waals surface area contributed by atoms with Crippen molar-refractivity contribution in [1.82, 2.24) is 33.6 Å². The van der Waals surface area contributed by atoms with Gasteiger partial charge in [0.1, 0.15) is 29.3 Å². The van der Waals surface area contributed by atoms with Crippen LogP contribution in [0.2, 0.25) is 0 Å². The Hall–Kier alpha value is -3.58. The van der Waals surface area contributed by atoms with E-state index in [4.69, 9.17) is 0 Å². The van der Waals surface area contributed by atoms with Crippen molar-refractivity contribution in [3.8, 4) is 23.1 Å². The minimum atomic E-state index is -4.72. The minimum Gasteiger partial charge on any atom is -0.351 e. The molecular formula is C27H32F3N9O2S. The Morgan fingerprint density at radius 1 is 1.10 bits per heavy atom. The number of piperidine rings is 1. The maximum atomic E-state index is 13.9. The highest BCUT2D eigenvalue weighted by Gasteiger charge is 2.36. The summed E-state index contributed by atoms with van der Waals surface area (Å²) in [5.74, 6) is -0.00340. The zero-order chi connectivity index (χ0) is 30.1. The summed E-state index contributed by atoms with van der Waals surface area (Å²) in [7, 11) is -1.22. The number of piperazine rings is 1. The van der Waals surface area contributed by atoms with E-state index in [9.17, 15) is 26.9 Å². The number of aromatic nitrogens is 4. The molecule has 2 fully saturated rings. The molecule has 2 aliphatic heterocycles. The summed E-state index contributed by atoms with van der Waals surface area (Å²) in [5.41, 5.74) is 0.410. The number of nitriles is 1. The summed E-state index contributed by atoms with van der Waals surface area (Å²) in [4.78, 5) is 16.9. The maximum absolute atomic E-state index is 13.9. The van der Waals surface area contributed by atoms with Crippen molar-refractivity contribution in [2.45, 2.75) is 31.6 Å². The number of sulfonamides is 1. The quantitative estimate of drug-likeness (QED) is 0.434. The first kappa shape index (κ1) is 29.9. The fourth-order valence-electron chi connectivity index (χ4n) is 5.21. The van der Waals surface area contributed by atoms with Crippen LogP contribution in [0.25, 0.3) is 17.1 Å². The van der Waals surface area contributed by atoms with E-state index in [1.807, 2.05) is 6.07 Å². The van der Waals surface area contributed by atoms with Crippen LogP contribution in [0, 0.1) is 11.3 Å². The van der Waals surface area contributed by atoms with Gasteiger partial charge >= 0.3 is 6.18 Å². The van der Waals surface area contributed by atoms with Gasteiger partial charge in [-0.1, -0.05) is 6.07 Å². The Balaban J connectivity index is 1.37. The van der Waals surface area contributed by atoms with Gasteiger partial charge in [-0.05, 0) is 37.6 Å². The summed E-state index contributed by atoms with van der Waals surface area (Å²) in [6, 6.07) is 7.49. The van der Waals surface area contributed by atoms with E-state index in [1.54, 1.807) is 12.1 Å². The van der Waals surface area contributed by atoms with E-state index in [1.165, 1.54) is 21.4 Å². The number of halogens is 3. The van der Waals surface area contributed by atoms with E-state index >= 15 is 0 Å². The van der Waals surface area contributed by atoms with Crippen LogP contribution in [0.5, 0.6) is 0 Å². The highest BCUT2D eigenvalue weighted by Crippen LogP contribution is 2.36. The first-order valence-corrected chi connectivity index (χ1v) is 15.4. The topological polar surface area (TPSA) is 123 Å². The monoisotopic (exact) mass is 603 g/mol. The standard InChI is InChI=1S/C27H32F3N9O2S/c1-36-9-11-37(12-10-36)16-19-3-4-24(20(13-19)14-31)38-17-23(33-18-38)25-22(27(28,29)30)15-32-26(35-25)34-21-5-7-39(8-6-21)42(2,40)41/h3-4,13,15,17-18,21H,5-12,16H2,1-2H3,(H,32,34,35). The third-order valence-electron chi connectivity index (χ3n) is 7.64. The molecule has 1 N–H and O–H groups in total. The third kappa shape index (κ3) is 6.89. The molecule has 15 heteroatoms. The van der Waals surface area contributed by atoms with E-state index in [2.05, 4.69) is 43.2 Å². The molecule has 2 aliphatic rings. The molecule has 2 saturated heterocycles. The fraction of sp³-hybridized carbons (Fsp3) is 0.481. The number of rotatable bonds is 7. The van der Waals surface area contributed by atoms with Gasteiger partial charge in [0.05, 0.1) is 17.5 Å². The molecule has 0 radical (unpaired) electrons. The predicted octanol–water partition coefficient (Wildman–Crippen LogP) is 2.80. The predicted molar refractivity (Wildman–Crippen MR) is 150 cm³/mol. The Morgan fingerprint density at radius 3 is 2.45 bits per heavy atom. The lowest BCUT2D eigenvalue weighted by atomic mass is 10.1. The van der Waals surface area contributed by atoms with Crippen LogP contribution >= 0.6 is 0 Å². The lowest BCUT2D eigenvalue weighted by Crippen LogP contribution is -2.43. The van der Waals surface area contributed by atoms with Gasteiger partial charge < -0.3 is 14.8 Å². The van der Waals surface area contributed by atoms with Gasteiger partial charge in [-0.25, -0.2) is 27.7 Å². The second-order valence-corrected chi connectivity index (χ2v) is 12.7. The van der Waals surface area contributed by atoms with E-state index in [0.29, 0.717) is 43.7 Å². The number of alkyl halides is 3. The molecule has 0 saturated carbocycles. The molecule has 5 rings (SSSR count). The van der Waals surface area contributed by atoms with Crippen LogP contribution in [0.4, 0.5) is 19.1 Å². The second kappa shape index (κ2) is 12.0. The van der Waals surface area contributed by atoms with Gasteiger partial charge in [-0.3, -0.25) is 4.90 Å². The minimum absolute atomic E-state index is 0.00340. The molecule has 0 atom stereocenters. The number of nitrogens with zero attached hydrogens (tertiary/aromatic N) is 8. The van der Waals surface area contributed by atoms with Crippen LogP contribution in [0.1, 0.15) is 29.5 Å². The Bertz CT molecular complexity index is 1570. The molecule has 11 nitrogen and oxygen atoms in total. The summed E-state index contributed by atoms with van der Waals surface area (Å²) < 4.78 is 68.3. The van der Waals surface area contributed by atoms with Gasteiger partial charge in [-0.2, -0.15) is 18.4 Å².